The number of rotatable bonds is 3. The number of ether oxygens (including phenoxy) is 1. The highest BCUT2D eigenvalue weighted by Gasteiger charge is 2.34. The highest BCUT2D eigenvalue weighted by Crippen LogP contribution is 2.31. The molecule has 0 saturated carbocycles. The molecule has 0 amide bonds. The minimum absolute atomic E-state index is 0.0265. The first-order valence-electron chi connectivity index (χ1n) is 6.23. The average molecular weight is 219 g/mol. The van der Waals surface area contributed by atoms with Crippen molar-refractivity contribution in [3.8, 4) is 0 Å². The lowest BCUT2D eigenvalue weighted by Crippen LogP contribution is -2.50. The Morgan fingerprint density at radius 2 is 1.94 bits per heavy atom. The van der Waals surface area contributed by atoms with E-state index in [1.807, 2.05) is 6.07 Å². The van der Waals surface area contributed by atoms with Gasteiger partial charge in [-0.3, -0.25) is 0 Å². The van der Waals surface area contributed by atoms with Crippen LogP contribution < -0.4 is 5.32 Å². The van der Waals surface area contributed by atoms with Crippen molar-refractivity contribution in [2.75, 3.05) is 13.1 Å². The standard InChI is InChI=1S/C14H21NO/c1-3-14(4-2)11-15-10-13(16-14)12-8-6-5-7-9-12/h5-9,13,15H,3-4,10-11H2,1-2H3. The molecule has 1 heterocycles. The maximum Gasteiger partial charge on any atom is 0.0957 e. The lowest BCUT2D eigenvalue weighted by molar-refractivity contribution is -0.122. The molecule has 0 radical (unpaired) electrons. The van der Waals surface area contributed by atoms with Gasteiger partial charge in [0.15, 0.2) is 0 Å². The molecule has 0 bridgehead atoms. The minimum atomic E-state index is 0.0265. The van der Waals surface area contributed by atoms with Crippen LogP contribution in [-0.4, -0.2) is 18.7 Å². The van der Waals surface area contributed by atoms with E-state index in [1.54, 1.807) is 0 Å². The summed E-state index contributed by atoms with van der Waals surface area (Å²) in [5.74, 6) is 0. The summed E-state index contributed by atoms with van der Waals surface area (Å²) in [6, 6.07) is 10.5. The Kier molecular flexibility index (Phi) is 3.62. The maximum absolute atomic E-state index is 6.30. The Hall–Kier alpha value is -0.860. The van der Waals surface area contributed by atoms with Crippen LogP contribution in [0.25, 0.3) is 0 Å². The van der Waals surface area contributed by atoms with Gasteiger partial charge >= 0.3 is 0 Å². The number of benzene rings is 1. The summed E-state index contributed by atoms with van der Waals surface area (Å²) >= 11 is 0. The van der Waals surface area contributed by atoms with Gasteiger partial charge in [-0.05, 0) is 18.4 Å². The van der Waals surface area contributed by atoms with Crippen molar-refractivity contribution in [2.24, 2.45) is 0 Å². The third-order valence-electron chi connectivity index (χ3n) is 3.63. The Labute approximate surface area is 98.0 Å². The Bertz CT molecular complexity index is 319. The molecule has 2 heteroatoms. The van der Waals surface area contributed by atoms with Crippen molar-refractivity contribution < 1.29 is 4.74 Å². The fourth-order valence-electron chi connectivity index (χ4n) is 2.34. The lowest BCUT2D eigenvalue weighted by atomic mass is 9.94. The summed E-state index contributed by atoms with van der Waals surface area (Å²) in [6.45, 7) is 6.31. The summed E-state index contributed by atoms with van der Waals surface area (Å²) in [4.78, 5) is 0. The second-order valence-corrected chi connectivity index (χ2v) is 4.54. The van der Waals surface area contributed by atoms with Crippen LogP contribution in [-0.2, 0) is 4.74 Å². The van der Waals surface area contributed by atoms with Crippen molar-refractivity contribution in [1.82, 2.24) is 5.32 Å². The molecule has 2 rings (SSSR count). The van der Waals surface area contributed by atoms with Crippen molar-refractivity contribution >= 4 is 0 Å². The van der Waals surface area contributed by atoms with Crippen molar-refractivity contribution in [2.45, 2.75) is 38.4 Å². The fourth-order valence-corrected chi connectivity index (χ4v) is 2.34. The first-order valence-corrected chi connectivity index (χ1v) is 6.23. The zero-order valence-electron chi connectivity index (χ0n) is 10.2. The monoisotopic (exact) mass is 219 g/mol. The molecular formula is C14H21NO. The van der Waals surface area contributed by atoms with Crippen LogP contribution in [0.5, 0.6) is 0 Å². The third-order valence-corrected chi connectivity index (χ3v) is 3.63. The van der Waals surface area contributed by atoms with Gasteiger partial charge in [-0.2, -0.15) is 0 Å². The van der Waals surface area contributed by atoms with E-state index in [0.29, 0.717) is 0 Å². The van der Waals surface area contributed by atoms with Gasteiger partial charge in [0.1, 0.15) is 0 Å². The van der Waals surface area contributed by atoms with Gasteiger partial charge in [0.05, 0.1) is 11.7 Å². The van der Waals surface area contributed by atoms with Gasteiger partial charge in [-0.25, -0.2) is 0 Å². The summed E-state index contributed by atoms with van der Waals surface area (Å²) < 4.78 is 6.30. The predicted molar refractivity (Wildman–Crippen MR) is 66.5 cm³/mol. The van der Waals surface area contributed by atoms with Gasteiger partial charge in [0.2, 0.25) is 0 Å². The van der Waals surface area contributed by atoms with E-state index in [4.69, 9.17) is 4.74 Å². The molecule has 0 spiro atoms. The van der Waals surface area contributed by atoms with Crippen LogP contribution in [0, 0.1) is 0 Å². The van der Waals surface area contributed by atoms with Gasteiger partial charge in [0.25, 0.3) is 0 Å². The van der Waals surface area contributed by atoms with Gasteiger partial charge in [-0.1, -0.05) is 44.2 Å². The highest BCUT2D eigenvalue weighted by molar-refractivity contribution is 5.18. The lowest BCUT2D eigenvalue weighted by Gasteiger charge is -2.41. The quantitative estimate of drug-likeness (QED) is 0.844. The van der Waals surface area contributed by atoms with E-state index in [0.717, 1.165) is 25.9 Å². The third kappa shape index (κ3) is 2.28. The molecule has 1 atom stereocenters. The SMILES string of the molecule is CCC1(CC)CNCC(c2ccccc2)O1. The molecule has 1 aliphatic rings. The number of morpholine rings is 1. The predicted octanol–water partition coefficient (Wildman–Crippen LogP) is 2.91. The van der Waals surface area contributed by atoms with Crippen LogP contribution in [0.3, 0.4) is 0 Å². The van der Waals surface area contributed by atoms with Crippen LogP contribution >= 0.6 is 0 Å². The van der Waals surface area contributed by atoms with Gasteiger partial charge < -0.3 is 10.1 Å². The van der Waals surface area contributed by atoms with Gasteiger partial charge in [0, 0.05) is 13.1 Å². The van der Waals surface area contributed by atoms with E-state index in [1.165, 1.54) is 5.56 Å². The van der Waals surface area contributed by atoms with Crippen molar-refractivity contribution in [3.05, 3.63) is 35.9 Å². The topological polar surface area (TPSA) is 21.3 Å². The molecule has 1 aliphatic heterocycles. The number of hydrogen-bond acceptors (Lipinski definition) is 2. The first kappa shape index (κ1) is 11.6. The molecule has 16 heavy (non-hydrogen) atoms. The van der Waals surface area contributed by atoms with Crippen LogP contribution in [0.4, 0.5) is 0 Å². The Morgan fingerprint density at radius 3 is 2.56 bits per heavy atom. The normalized spacial score (nSPS) is 24.2. The molecule has 1 fully saturated rings. The van der Waals surface area contributed by atoms with Crippen LogP contribution in [0.15, 0.2) is 30.3 Å². The van der Waals surface area contributed by atoms with E-state index in [-0.39, 0.29) is 11.7 Å². The summed E-state index contributed by atoms with van der Waals surface area (Å²) in [6.07, 6.45) is 2.34. The molecule has 1 aromatic carbocycles. The molecule has 1 N–H and O–H groups in total. The molecule has 1 saturated heterocycles. The van der Waals surface area contributed by atoms with Crippen LogP contribution in [0.1, 0.15) is 38.4 Å². The second-order valence-electron chi connectivity index (χ2n) is 4.54. The zero-order valence-corrected chi connectivity index (χ0v) is 10.2. The molecule has 2 nitrogen and oxygen atoms in total. The molecule has 88 valence electrons. The summed E-state index contributed by atoms with van der Waals surface area (Å²) in [5, 5.41) is 3.50. The summed E-state index contributed by atoms with van der Waals surface area (Å²) in [7, 11) is 0. The zero-order chi connectivity index (χ0) is 11.4. The average Bonchev–Trinajstić information content (AvgIpc) is 2.40. The number of hydrogen-bond donors (Lipinski definition) is 1. The fraction of sp³-hybridized carbons (Fsp3) is 0.571. The number of nitrogens with one attached hydrogen (secondary N) is 1. The maximum atomic E-state index is 6.30. The summed E-state index contributed by atoms with van der Waals surface area (Å²) in [5.41, 5.74) is 1.31. The molecule has 0 aromatic heterocycles. The molecule has 1 unspecified atom stereocenters. The van der Waals surface area contributed by atoms with E-state index in [9.17, 15) is 0 Å². The van der Waals surface area contributed by atoms with Crippen molar-refractivity contribution in [1.29, 1.82) is 0 Å². The Balaban J connectivity index is 2.13. The minimum Gasteiger partial charge on any atom is -0.364 e. The molecular weight excluding hydrogens is 198 g/mol. The molecule has 0 aliphatic carbocycles. The van der Waals surface area contributed by atoms with Gasteiger partial charge in [-0.15, -0.1) is 0 Å². The smallest absolute Gasteiger partial charge is 0.0957 e. The first-order chi connectivity index (χ1) is 7.79. The molecule has 1 aromatic rings. The van der Waals surface area contributed by atoms with Crippen LogP contribution in [0.2, 0.25) is 0 Å². The van der Waals surface area contributed by atoms with E-state index in [2.05, 4.69) is 43.4 Å². The highest BCUT2D eigenvalue weighted by atomic mass is 16.5. The van der Waals surface area contributed by atoms with E-state index < -0.39 is 0 Å². The Morgan fingerprint density at radius 1 is 1.25 bits per heavy atom. The van der Waals surface area contributed by atoms with Crippen molar-refractivity contribution in [3.63, 3.8) is 0 Å². The van der Waals surface area contributed by atoms with E-state index >= 15 is 0 Å². The largest absolute Gasteiger partial charge is 0.364 e. The second kappa shape index (κ2) is 4.98.